The van der Waals surface area contributed by atoms with Gasteiger partial charge in [0, 0.05) is 5.57 Å². The van der Waals surface area contributed by atoms with Crippen LogP contribution in [0.4, 0.5) is 0 Å². The maximum absolute atomic E-state index is 11.2. The van der Waals surface area contributed by atoms with E-state index < -0.39 is 0 Å². The highest BCUT2D eigenvalue weighted by atomic mass is 35.5. The van der Waals surface area contributed by atoms with Crippen LogP contribution in [0.3, 0.4) is 0 Å². The summed E-state index contributed by atoms with van der Waals surface area (Å²) in [5.41, 5.74) is 2.66. The van der Waals surface area contributed by atoms with E-state index in [9.17, 15) is 4.79 Å². The summed E-state index contributed by atoms with van der Waals surface area (Å²) in [6.45, 7) is 1.55. The van der Waals surface area contributed by atoms with Gasteiger partial charge in [-0.15, -0.1) is 0 Å². The summed E-state index contributed by atoms with van der Waals surface area (Å²) >= 11 is 11.8. The lowest BCUT2D eigenvalue weighted by atomic mass is 10.1. The van der Waals surface area contributed by atoms with Crippen molar-refractivity contribution in [1.82, 2.24) is 0 Å². The molecule has 0 radical (unpaired) electrons. The SMILES string of the molecule is CC(=O)C1=C/C(=C\c2ccc(Cl)c(Cl)c2)C=C1. The summed E-state index contributed by atoms with van der Waals surface area (Å²) in [6, 6.07) is 5.43. The zero-order valence-corrected chi connectivity index (χ0v) is 10.7. The van der Waals surface area contributed by atoms with E-state index in [0.29, 0.717) is 10.0 Å². The number of ketones is 1. The third-order valence-electron chi connectivity index (χ3n) is 2.46. The van der Waals surface area contributed by atoms with Crippen LogP contribution in [0.5, 0.6) is 0 Å². The van der Waals surface area contributed by atoms with Crippen molar-refractivity contribution in [3.63, 3.8) is 0 Å². The van der Waals surface area contributed by atoms with Crippen LogP contribution in [-0.2, 0) is 4.79 Å². The van der Waals surface area contributed by atoms with Crippen molar-refractivity contribution in [2.75, 3.05) is 0 Å². The van der Waals surface area contributed by atoms with Crippen molar-refractivity contribution >= 4 is 35.1 Å². The molecule has 0 aliphatic heterocycles. The molecule has 17 heavy (non-hydrogen) atoms. The Kier molecular flexibility index (Phi) is 3.51. The first-order valence-electron chi connectivity index (χ1n) is 5.14. The molecule has 0 fully saturated rings. The van der Waals surface area contributed by atoms with Crippen molar-refractivity contribution in [2.24, 2.45) is 0 Å². The molecule has 0 amide bonds. The molecule has 2 rings (SSSR count). The third-order valence-corrected chi connectivity index (χ3v) is 3.20. The standard InChI is InChI=1S/C14H10Cl2O/c1-9(17)12-4-2-10(7-12)6-11-3-5-13(15)14(16)8-11/h2-8H,1H3/b10-6-. The molecule has 0 aromatic heterocycles. The van der Waals surface area contributed by atoms with Crippen molar-refractivity contribution < 1.29 is 4.79 Å². The van der Waals surface area contributed by atoms with Crippen LogP contribution in [-0.4, -0.2) is 5.78 Å². The maximum Gasteiger partial charge on any atom is 0.159 e. The third kappa shape index (κ3) is 2.87. The second kappa shape index (κ2) is 4.91. The number of carbonyl (C=O) groups excluding carboxylic acids is 1. The quantitative estimate of drug-likeness (QED) is 0.771. The van der Waals surface area contributed by atoms with Gasteiger partial charge in [0.25, 0.3) is 0 Å². The van der Waals surface area contributed by atoms with Crippen LogP contribution in [0.15, 0.2) is 47.6 Å². The first-order valence-corrected chi connectivity index (χ1v) is 5.89. The van der Waals surface area contributed by atoms with Gasteiger partial charge < -0.3 is 0 Å². The highest BCUT2D eigenvalue weighted by molar-refractivity contribution is 6.42. The van der Waals surface area contributed by atoms with E-state index in [1.54, 1.807) is 19.1 Å². The first-order chi connectivity index (χ1) is 8.06. The molecule has 0 heterocycles. The van der Waals surface area contributed by atoms with Gasteiger partial charge in [-0.1, -0.05) is 41.4 Å². The van der Waals surface area contributed by atoms with Crippen molar-refractivity contribution in [3.05, 3.63) is 63.2 Å². The average Bonchev–Trinajstić information content (AvgIpc) is 2.72. The summed E-state index contributed by atoms with van der Waals surface area (Å²) in [7, 11) is 0. The lowest BCUT2D eigenvalue weighted by Gasteiger charge is -1.98. The Hall–Kier alpha value is -1.31. The van der Waals surface area contributed by atoms with Gasteiger partial charge in [0.2, 0.25) is 0 Å². The summed E-state index contributed by atoms with van der Waals surface area (Å²) in [6.07, 6.45) is 7.52. The monoisotopic (exact) mass is 264 g/mol. The van der Waals surface area contributed by atoms with Crippen LogP contribution >= 0.6 is 23.2 Å². The van der Waals surface area contributed by atoms with E-state index in [0.717, 1.165) is 16.7 Å². The van der Waals surface area contributed by atoms with Gasteiger partial charge in [-0.05, 0) is 42.3 Å². The van der Waals surface area contributed by atoms with Gasteiger partial charge in [-0.3, -0.25) is 4.79 Å². The molecule has 1 nitrogen and oxygen atoms in total. The van der Waals surface area contributed by atoms with E-state index in [-0.39, 0.29) is 5.78 Å². The minimum atomic E-state index is 0.0683. The fourth-order valence-corrected chi connectivity index (χ4v) is 1.87. The smallest absolute Gasteiger partial charge is 0.159 e. The predicted molar refractivity (Wildman–Crippen MR) is 72.3 cm³/mol. The van der Waals surface area contributed by atoms with Gasteiger partial charge in [-0.2, -0.15) is 0 Å². The van der Waals surface area contributed by atoms with E-state index in [4.69, 9.17) is 23.2 Å². The maximum atomic E-state index is 11.2. The summed E-state index contributed by atoms with van der Waals surface area (Å²) in [4.78, 5) is 11.2. The molecule has 0 saturated heterocycles. The zero-order valence-electron chi connectivity index (χ0n) is 9.21. The molecule has 0 saturated carbocycles. The fraction of sp³-hybridized carbons (Fsp3) is 0.0714. The number of benzene rings is 1. The number of Topliss-reactive ketones (excluding diaryl/α,β-unsaturated/α-hetero) is 1. The average molecular weight is 265 g/mol. The lowest BCUT2D eigenvalue weighted by Crippen LogP contribution is -1.89. The molecule has 1 aromatic carbocycles. The normalized spacial score (nSPS) is 16.4. The number of hydrogen-bond donors (Lipinski definition) is 0. The molecule has 86 valence electrons. The first kappa shape index (κ1) is 12.2. The van der Waals surface area contributed by atoms with Crippen LogP contribution in [0, 0.1) is 0 Å². The Morgan fingerprint density at radius 2 is 1.94 bits per heavy atom. The van der Waals surface area contributed by atoms with Gasteiger partial charge in [0.05, 0.1) is 10.0 Å². The van der Waals surface area contributed by atoms with Crippen LogP contribution < -0.4 is 0 Å². The van der Waals surface area contributed by atoms with Crippen LogP contribution in [0.2, 0.25) is 10.0 Å². The zero-order chi connectivity index (χ0) is 12.4. The fourth-order valence-electron chi connectivity index (χ4n) is 1.57. The van der Waals surface area contributed by atoms with E-state index >= 15 is 0 Å². The molecule has 0 atom stereocenters. The second-order valence-electron chi connectivity index (χ2n) is 3.81. The van der Waals surface area contributed by atoms with Crippen LogP contribution in [0.1, 0.15) is 12.5 Å². The molecule has 3 heteroatoms. The second-order valence-corrected chi connectivity index (χ2v) is 4.62. The number of halogens is 2. The van der Waals surface area contributed by atoms with Gasteiger partial charge in [0.15, 0.2) is 5.78 Å². The Labute approximate surface area is 110 Å². The largest absolute Gasteiger partial charge is 0.295 e. The summed E-state index contributed by atoms with van der Waals surface area (Å²) in [5.74, 6) is 0.0683. The number of rotatable bonds is 2. The van der Waals surface area contributed by atoms with E-state index in [1.807, 2.05) is 30.4 Å². The lowest BCUT2D eigenvalue weighted by molar-refractivity contribution is -0.113. The minimum absolute atomic E-state index is 0.0683. The Bertz CT molecular complexity index is 566. The van der Waals surface area contributed by atoms with E-state index in [1.165, 1.54) is 0 Å². The highest BCUT2D eigenvalue weighted by Gasteiger charge is 2.06. The van der Waals surface area contributed by atoms with Crippen LogP contribution in [0.25, 0.3) is 6.08 Å². The summed E-state index contributed by atoms with van der Waals surface area (Å²) in [5, 5.41) is 1.06. The van der Waals surface area contributed by atoms with Crippen molar-refractivity contribution in [3.8, 4) is 0 Å². The molecule has 0 spiro atoms. The Morgan fingerprint density at radius 3 is 2.53 bits per heavy atom. The molecule has 1 aromatic rings. The molecule has 1 aliphatic carbocycles. The predicted octanol–water partition coefficient (Wildman–Crippen LogP) is 4.46. The topological polar surface area (TPSA) is 17.1 Å². The van der Waals surface area contributed by atoms with E-state index in [2.05, 4.69) is 0 Å². The summed E-state index contributed by atoms with van der Waals surface area (Å²) < 4.78 is 0. The van der Waals surface area contributed by atoms with Gasteiger partial charge >= 0.3 is 0 Å². The number of hydrogen-bond acceptors (Lipinski definition) is 1. The highest BCUT2D eigenvalue weighted by Crippen LogP contribution is 2.25. The van der Waals surface area contributed by atoms with Crippen molar-refractivity contribution in [1.29, 1.82) is 0 Å². The van der Waals surface area contributed by atoms with Gasteiger partial charge in [-0.25, -0.2) is 0 Å². The Morgan fingerprint density at radius 1 is 1.18 bits per heavy atom. The Balaban J connectivity index is 2.30. The van der Waals surface area contributed by atoms with Gasteiger partial charge in [0.1, 0.15) is 0 Å². The van der Waals surface area contributed by atoms with Crippen molar-refractivity contribution in [2.45, 2.75) is 6.92 Å². The molecule has 0 unspecified atom stereocenters. The molecule has 0 N–H and O–H groups in total. The minimum Gasteiger partial charge on any atom is -0.295 e. The molecule has 0 bridgehead atoms. The molecule has 1 aliphatic rings. The number of allylic oxidation sites excluding steroid dienone is 5. The molecular weight excluding hydrogens is 255 g/mol. The number of carbonyl (C=O) groups is 1. The molecular formula is C14H10Cl2O.